The van der Waals surface area contributed by atoms with Gasteiger partial charge in [0.2, 0.25) is 5.82 Å². The highest BCUT2D eigenvalue weighted by Gasteiger charge is 2.30. The van der Waals surface area contributed by atoms with Crippen LogP contribution in [0.2, 0.25) is 0 Å². The smallest absolute Gasteiger partial charge is 0.312 e. The van der Waals surface area contributed by atoms with E-state index in [1.807, 2.05) is 0 Å². The van der Waals surface area contributed by atoms with Gasteiger partial charge in [0.05, 0.1) is 10.5 Å². The van der Waals surface area contributed by atoms with Gasteiger partial charge in [0.25, 0.3) is 0 Å². The molecule has 0 atom stereocenters. The molecule has 6 nitrogen and oxygen atoms in total. The number of pyridine rings is 1. The van der Waals surface area contributed by atoms with E-state index in [2.05, 4.69) is 26.2 Å². The lowest BCUT2D eigenvalue weighted by atomic mass is 9.85. The molecule has 0 aliphatic heterocycles. The Bertz CT molecular complexity index is 475. The summed E-state index contributed by atoms with van der Waals surface area (Å²) in [6.45, 7) is 0.294. The molecule has 0 unspecified atom stereocenters. The van der Waals surface area contributed by atoms with Crippen LogP contribution in [0.3, 0.4) is 0 Å². The summed E-state index contributed by atoms with van der Waals surface area (Å²) in [4.78, 5) is 14.5. The Morgan fingerprint density at radius 2 is 2.16 bits per heavy atom. The summed E-state index contributed by atoms with van der Waals surface area (Å²) in [5.41, 5.74) is -0.866. The highest BCUT2D eigenvalue weighted by Crippen LogP contribution is 2.30. The number of nitro groups is 1. The quantitative estimate of drug-likeness (QED) is 0.655. The van der Waals surface area contributed by atoms with Crippen LogP contribution in [0.1, 0.15) is 32.1 Å². The van der Waals surface area contributed by atoms with Gasteiger partial charge in [-0.1, -0.05) is 19.3 Å². The molecule has 1 aliphatic carbocycles. The van der Waals surface area contributed by atoms with Gasteiger partial charge in [-0.3, -0.25) is 10.1 Å². The lowest BCUT2D eigenvalue weighted by molar-refractivity contribution is -0.384. The first-order valence-electron chi connectivity index (χ1n) is 6.26. The third-order valence-electron chi connectivity index (χ3n) is 3.40. The fourth-order valence-electron chi connectivity index (χ4n) is 2.34. The number of nitrogens with one attached hydrogen (secondary N) is 1. The fraction of sp³-hybridized carbons (Fsp3) is 0.583. The van der Waals surface area contributed by atoms with Crippen LogP contribution >= 0.6 is 15.9 Å². The fourth-order valence-corrected chi connectivity index (χ4v) is 2.66. The Kier molecular flexibility index (Phi) is 4.36. The SMILES string of the molecule is O=[N+]([O-])c1cc(Br)cnc1NCC1(O)CCCCC1. The Balaban J connectivity index is 2.08. The zero-order valence-corrected chi connectivity index (χ0v) is 12.0. The van der Waals surface area contributed by atoms with Crippen LogP contribution in [0.15, 0.2) is 16.7 Å². The van der Waals surface area contributed by atoms with Crippen molar-refractivity contribution in [1.29, 1.82) is 0 Å². The van der Waals surface area contributed by atoms with E-state index in [0.717, 1.165) is 32.1 Å². The highest BCUT2D eigenvalue weighted by molar-refractivity contribution is 9.10. The van der Waals surface area contributed by atoms with Gasteiger partial charge in [-0.2, -0.15) is 0 Å². The van der Waals surface area contributed by atoms with Gasteiger partial charge in [0.1, 0.15) is 0 Å². The molecule has 1 aliphatic rings. The predicted molar refractivity (Wildman–Crippen MR) is 75.1 cm³/mol. The number of aromatic nitrogens is 1. The van der Waals surface area contributed by atoms with E-state index in [4.69, 9.17) is 0 Å². The summed E-state index contributed by atoms with van der Waals surface area (Å²) in [6, 6.07) is 1.40. The van der Waals surface area contributed by atoms with Gasteiger partial charge in [-0.15, -0.1) is 0 Å². The van der Waals surface area contributed by atoms with E-state index >= 15 is 0 Å². The van der Waals surface area contributed by atoms with Crippen molar-refractivity contribution < 1.29 is 10.0 Å². The standard InChI is InChI=1S/C12H16BrN3O3/c13-9-6-10(16(18)19)11(14-7-9)15-8-12(17)4-2-1-3-5-12/h6-7,17H,1-5,8H2,(H,14,15). The minimum atomic E-state index is -0.777. The van der Waals surface area contributed by atoms with Crippen molar-refractivity contribution >= 4 is 27.4 Å². The zero-order chi connectivity index (χ0) is 13.9. The molecule has 1 aromatic rings. The van der Waals surface area contributed by atoms with Crippen LogP contribution in [0.5, 0.6) is 0 Å². The predicted octanol–water partition coefficient (Wildman–Crippen LogP) is 2.86. The molecular formula is C12H16BrN3O3. The molecule has 0 aromatic carbocycles. The highest BCUT2D eigenvalue weighted by atomic mass is 79.9. The second kappa shape index (κ2) is 5.83. The molecule has 0 radical (unpaired) electrons. The Labute approximate surface area is 119 Å². The molecule has 2 N–H and O–H groups in total. The van der Waals surface area contributed by atoms with E-state index in [1.54, 1.807) is 0 Å². The van der Waals surface area contributed by atoms with E-state index in [0.29, 0.717) is 11.0 Å². The molecular weight excluding hydrogens is 314 g/mol. The van der Waals surface area contributed by atoms with Crippen molar-refractivity contribution in [2.45, 2.75) is 37.7 Å². The maximum atomic E-state index is 10.9. The van der Waals surface area contributed by atoms with Crippen molar-refractivity contribution in [2.75, 3.05) is 11.9 Å². The minimum Gasteiger partial charge on any atom is -0.388 e. The van der Waals surface area contributed by atoms with Crippen molar-refractivity contribution in [1.82, 2.24) is 4.98 Å². The summed E-state index contributed by atoms with van der Waals surface area (Å²) in [7, 11) is 0. The van der Waals surface area contributed by atoms with E-state index in [-0.39, 0.29) is 11.5 Å². The average Bonchev–Trinajstić information content (AvgIpc) is 2.38. The Hall–Kier alpha value is -1.21. The van der Waals surface area contributed by atoms with E-state index < -0.39 is 10.5 Å². The molecule has 0 saturated heterocycles. The van der Waals surface area contributed by atoms with Crippen LogP contribution in [0, 0.1) is 10.1 Å². The largest absolute Gasteiger partial charge is 0.388 e. The molecule has 1 saturated carbocycles. The molecule has 7 heteroatoms. The minimum absolute atomic E-state index is 0.0891. The maximum absolute atomic E-state index is 10.9. The van der Waals surface area contributed by atoms with Gasteiger partial charge >= 0.3 is 5.69 Å². The lowest BCUT2D eigenvalue weighted by Crippen LogP contribution is -2.39. The molecule has 0 bridgehead atoms. The maximum Gasteiger partial charge on any atom is 0.312 e. The molecule has 104 valence electrons. The molecule has 1 aromatic heterocycles. The average molecular weight is 330 g/mol. The molecule has 1 fully saturated rings. The zero-order valence-electron chi connectivity index (χ0n) is 10.4. The molecule has 2 rings (SSSR count). The van der Waals surface area contributed by atoms with Gasteiger partial charge in [-0.05, 0) is 28.8 Å². The van der Waals surface area contributed by atoms with Crippen molar-refractivity contribution in [3.8, 4) is 0 Å². The van der Waals surface area contributed by atoms with Crippen LogP contribution < -0.4 is 5.32 Å². The van der Waals surface area contributed by atoms with Gasteiger partial charge < -0.3 is 10.4 Å². The first-order valence-corrected chi connectivity index (χ1v) is 7.06. The number of hydrogen-bond acceptors (Lipinski definition) is 5. The van der Waals surface area contributed by atoms with Crippen LogP contribution in [0.4, 0.5) is 11.5 Å². The van der Waals surface area contributed by atoms with Gasteiger partial charge in [-0.25, -0.2) is 4.98 Å². The second-order valence-corrected chi connectivity index (χ2v) is 5.83. The molecule has 1 heterocycles. The van der Waals surface area contributed by atoms with Gasteiger partial charge in [0.15, 0.2) is 0 Å². The Morgan fingerprint density at radius 3 is 2.79 bits per heavy atom. The summed E-state index contributed by atoms with van der Waals surface area (Å²) < 4.78 is 0.557. The normalized spacial score (nSPS) is 18.0. The van der Waals surface area contributed by atoms with Crippen LogP contribution in [0.25, 0.3) is 0 Å². The summed E-state index contributed by atoms with van der Waals surface area (Å²) in [5, 5.41) is 24.2. The first kappa shape index (κ1) is 14.2. The van der Waals surface area contributed by atoms with E-state index in [1.165, 1.54) is 12.3 Å². The topological polar surface area (TPSA) is 88.3 Å². The molecule has 0 spiro atoms. The molecule has 19 heavy (non-hydrogen) atoms. The Morgan fingerprint density at radius 1 is 1.47 bits per heavy atom. The lowest BCUT2D eigenvalue weighted by Gasteiger charge is -2.32. The number of hydrogen-bond donors (Lipinski definition) is 2. The summed E-state index contributed by atoms with van der Waals surface area (Å²) in [5.74, 6) is 0.201. The second-order valence-electron chi connectivity index (χ2n) is 4.92. The number of anilines is 1. The third-order valence-corrected chi connectivity index (χ3v) is 3.83. The number of rotatable bonds is 4. The van der Waals surface area contributed by atoms with Gasteiger partial charge in [0, 0.05) is 23.3 Å². The van der Waals surface area contributed by atoms with Crippen molar-refractivity contribution in [3.05, 3.63) is 26.9 Å². The van der Waals surface area contributed by atoms with Crippen molar-refractivity contribution in [3.63, 3.8) is 0 Å². The third kappa shape index (κ3) is 3.63. The molecule has 0 amide bonds. The van der Waals surface area contributed by atoms with Crippen LogP contribution in [-0.4, -0.2) is 27.2 Å². The van der Waals surface area contributed by atoms with Crippen LogP contribution in [-0.2, 0) is 0 Å². The summed E-state index contributed by atoms with van der Waals surface area (Å²) >= 11 is 3.16. The van der Waals surface area contributed by atoms with Crippen molar-refractivity contribution in [2.24, 2.45) is 0 Å². The monoisotopic (exact) mass is 329 g/mol. The number of nitrogens with zero attached hydrogens (tertiary/aromatic N) is 2. The van der Waals surface area contributed by atoms with E-state index in [9.17, 15) is 15.2 Å². The number of aliphatic hydroxyl groups is 1. The first-order chi connectivity index (χ1) is 9.00. The summed E-state index contributed by atoms with van der Waals surface area (Å²) in [6.07, 6.45) is 6.08. The number of halogens is 1.